The van der Waals surface area contributed by atoms with Gasteiger partial charge in [0, 0.05) is 5.41 Å². The van der Waals surface area contributed by atoms with Gasteiger partial charge in [0.25, 0.3) is 0 Å². The van der Waals surface area contributed by atoms with Gasteiger partial charge in [-0.3, -0.25) is 0 Å². The van der Waals surface area contributed by atoms with E-state index in [9.17, 15) is 5.11 Å². The molecule has 76 valence electrons. The standard InChI is InChI=1S/C12H17NO/c14-10-12(6-8-13-9-7-12)11-4-2-1-3-5-11/h1-5,13-14H,6-10H2. The Bertz CT molecular complexity index is 278. The summed E-state index contributed by atoms with van der Waals surface area (Å²) in [6, 6.07) is 10.4. The second kappa shape index (κ2) is 4.11. The molecule has 1 aliphatic rings. The monoisotopic (exact) mass is 191 g/mol. The molecule has 0 saturated carbocycles. The molecule has 0 aromatic heterocycles. The highest BCUT2D eigenvalue weighted by atomic mass is 16.3. The van der Waals surface area contributed by atoms with Crippen LogP contribution < -0.4 is 5.32 Å². The summed E-state index contributed by atoms with van der Waals surface area (Å²) in [5.74, 6) is 0. The van der Waals surface area contributed by atoms with Crippen molar-refractivity contribution in [3.05, 3.63) is 35.9 Å². The van der Waals surface area contributed by atoms with Crippen LogP contribution >= 0.6 is 0 Å². The molecule has 0 atom stereocenters. The lowest BCUT2D eigenvalue weighted by Gasteiger charge is -2.36. The van der Waals surface area contributed by atoms with E-state index in [2.05, 4.69) is 29.6 Å². The minimum absolute atomic E-state index is 0.00646. The van der Waals surface area contributed by atoms with Crippen LogP contribution in [0.2, 0.25) is 0 Å². The van der Waals surface area contributed by atoms with Crippen LogP contribution in [0.25, 0.3) is 0 Å². The summed E-state index contributed by atoms with van der Waals surface area (Å²) in [6.45, 7) is 2.28. The Morgan fingerprint density at radius 2 is 1.79 bits per heavy atom. The van der Waals surface area contributed by atoms with E-state index in [0.717, 1.165) is 25.9 Å². The third kappa shape index (κ3) is 1.68. The van der Waals surface area contributed by atoms with Crippen LogP contribution in [0.5, 0.6) is 0 Å². The fourth-order valence-corrected chi connectivity index (χ4v) is 2.24. The molecule has 0 bridgehead atoms. The second-order valence-corrected chi connectivity index (χ2v) is 4.05. The Kier molecular flexibility index (Phi) is 2.85. The molecule has 1 aromatic carbocycles. The van der Waals surface area contributed by atoms with Crippen LogP contribution in [-0.4, -0.2) is 24.8 Å². The highest BCUT2D eigenvalue weighted by Crippen LogP contribution is 2.32. The number of hydrogen-bond acceptors (Lipinski definition) is 2. The normalized spacial score (nSPS) is 20.6. The van der Waals surface area contributed by atoms with E-state index >= 15 is 0 Å². The summed E-state index contributed by atoms with van der Waals surface area (Å²) in [7, 11) is 0. The van der Waals surface area contributed by atoms with E-state index in [1.165, 1.54) is 5.56 Å². The Morgan fingerprint density at radius 1 is 1.14 bits per heavy atom. The lowest BCUT2D eigenvalue weighted by atomic mass is 9.74. The molecule has 0 radical (unpaired) electrons. The maximum absolute atomic E-state index is 9.57. The molecule has 0 amide bonds. The fourth-order valence-electron chi connectivity index (χ4n) is 2.24. The minimum atomic E-state index is 0.00646. The number of rotatable bonds is 2. The van der Waals surface area contributed by atoms with Crippen LogP contribution in [0.4, 0.5) is 0 Å². The largest absolute Gasteiger partial charge is 0.395 e. The third-order valence-electron chi connectivity index (χ3n) is 3.25. The van der Waals surface area contributed by atoms with E-state index in [4.69, 9.17) is 0 Å². The zero-order chi connectivity index (χ0) is 9.86. The number of benzene rings is 1. The van der Waals surface area contributed by atoms with Crippen molar-refractivity contribution in [1.29, 1.82) is 0 Å². The first kappa shape index (κ1) is 9.69. The Hall–Kier alpha value is -0.860. The summed E-state index contributed by atoms with van der Waals surface area (Å²) < 4.78 is 0. The van der Waals surface area contributed by atoms with Gasteiger partial charge >= 0.3 is 0 Å². The Morgan fingerprint density at radius 3 is 2.36 bits per heavy atom. The zero-order valence-electron chi connectivity index (χ0n) is 8.37. The Balaban J connectivity index is 2.27. The summed E-state index contributed by atoms with van der Waals surface area (Å²) >= 11 is 0. The molecule has 1 aromatic rings. The predicted octanol–water partition coefficient (Wildman–Crippen LogP) is 1.30. The average Bonchev–Trinajstić information content (AvgIpc) is 2.31. The van der Waals surface area contributed by atoms with E-state index in [1.807, 2.05) is 6.07 Å². The van der Waals surface area contributed by atoms with Crippen molar-refractivity contribution < 1.29 is 5.11 Å². The van der Waals surface area contributed by atoms with Crippen molar-refractivity contribution >= 4 is 0 Å². The second-order valence-electron chi connectivity index (χ2n) is 4.05. The molecule has 0 unspecified atom stereocenters. The molecule has 0 spiro atoms. The molecular weight excluding hydrogens is 174 g/mol. The van der Waals surface area contributed by atoms with Gasteiger partial charge < -0.3 is 10.4 Å². The highest BCUT2D eigenvalue weighted by Gasteiger charge is 2.32. The van der Waals surface area contributed by atoms with Crippen LogP contribution in [-0.2, 0) is 5.41 Å². The van der Waals surface area contributed by atoms with E-state index < -0.39 is 0 Å². The van der Waals surface area contributed by atoms with Gasteiger partial charge in [0.2, 0.25) is 0 Å². The SMILES string of the molecule is OCC1(c2ccccc2)CCNCC1. The molecule has 14 heavy (non-hydrogen) atoms. The molecule has 2 heteroatoms. The zero-order valence-corrected chi connectivity index (χ0v) is 8.37. The van der Waals surface area contributed by atoms with Gasteiger partial charge in [0.15, 0.2) is 0 Å². The third-order valence-corrected chi connectivity index (χ3v) is 3.25. The van der Waals surface area contributed by atoms with Crippen molar-refractivity contribution in [3.63, 3.8) is 0 Å². The minimum Gasteiger partial charge on any atom is -0.395 e. The molecule has 1 heterocycles. The van der Waals surface area contributed by atoms with Crippen LogP contribution in [0, 0.1) is 0 Å². The molecule has 2 rings (SSSR count). The smallest absolute Gasteiger partial charge is 0.0528 e. The molecule has 2 nitrogen and oxygen atoms in total. The highest BCUT2D eigenvalue weighted by molar-refractivity contribution is 5.26. The van der Waals surface area contributed by atoms with Crippen molar-refractivity contribution in [2.45, 2.75) is 18.3 Å². The lowest BCUT2D eigenvalue weighted by molar-refractivity contribution is 0.158. The molecule has 1 saturated heterocycles. The van der Waals surface area contributed by atoms with Gasteiger partial charge in [-0.05, 0) is 31.5 Å². The number of aliphatic hydroxyl groups excluding tert-OH is 1. The lowest BCUT2D eigenvalue weighted by Crippen LogP contribution is -2.42. The first-order chi connectivity index (χ1) is 6.87. The summed E-state index contributed by atoms with van der Waals surface area (Å²) in [5.41, 5.74) is 1.29. The summed E-state index contributed by atoms with van der Waals surface area (Å²) in [4.78, 5) is 0. The molecule has 1 fully saturated rings. The molecular formula is C12H17NO. The van der Waals surface area contributed by atoms with Crippen molar-refractivity contribution in [1.82, 2.24) is 5.32 Å². The van der Waals surface area contributed by atoms with E-state index in [-0.39, 0.29) is 12.0 Å². The first-order valence-corrected chi connectivity index (χ1v) is 5.24. The van der Waals surface area contributed by atoms with Crippen LogP contribution in [0.1, 0.15) is 18.4 Å². The molecule has 1 aliphatic heterocycles. The quantitative estimate of drug-likeness (QED) is 0.738. The van der Waals surface area contributed by atoms with Crippen LogP contribution in [0.3, 0.4) is 0 Å². The Labute approximate surface area is 85.0 Å². The van der Waals surface area contributed by atoms with Gasteiger partial charge in [-0.15, -0.1) is 0 Å². The number of nitrogens with one attached hydrogen (secondary N) is 1. The van der Waals surface area contributed by atoms with Crippen molar-refractivity contribution in [3.8, 4) is 0 Å². The molecule has 2 N–H and O–H groups in total. The van der Waals surface area contributed by atoms with E-state index in [0.29, 0.717) is 0 Å². The average molecular weight is 191 g/mol. The van der Waals surface area contributed by atoms with Crippen molar-refractivity contribution in [2.24, 2.45) is 0 Å². The predicted molar refractivity (Wildman–Crippen MR) is 57.3 cm³/mol. The molecule has 0 aliphatic carbocycles. The number of hydrogen-bond donors (Lipinski definition) is 2. The topological polar surface area (TPSA) is 32.3 Å². The van der Waals surface area contributed by atoms with Gasteiger partial charge in [-0.2, -0.15) is 0 Å². The first-order valence-electron chi connectivity index (χ1n) is 5.24. The maximum Gasteiger partial charge on any atom is 0.0528 e. The van der Waals surface area contributed by atoms with Gasteiger partial charge in [-0.1, -0.05) is 30.3 Å². The van der Waals surface area contributed by atoms with Gasteiger partial charge in [0.05, 0.1) is 6.61 Å². The van der Waals surface area contributed by atoms with Crippen molar-refractivity contribution in [2.75, 3.05) is 19.7 Å². The summed E-state index contributed by atoms with van der Waals surface area (Å²) in [6.07, 6.45) is 2.07. The number of aliphatic hydroxyl groups is 1. The fraction of sp³-hybridized carbons (Fsp3) is 0.500. The maximum atomic E-state index is 9.57. The number of piperidine rings is 1. The summed E-state index contributed by atoms with van der Waals surface area (Å²) in [5, 5.41) is 12.9. The van der Waals surface area contributed by atoms with Gasteiger partial charge in [-0.25, -0.2) is 0 Å². The van der Waals surface area contributed by atoms with Crippen LogP contribution in [0.15, 0.2) is 30.3 Å². The van der Waals surface area contributed by atoms with Gasteiger partial charge in [0.1, 0.15) is 0 Å². The van der Waals surface area contributed by atoms with E-state index in [1.54, 1.807) is 0 Å².